The molecule has 0 aliphatic heterocycles. The van der Waals surface area contributed by atoms with Gasteiger partial charge in [-0.3, -0.25) is 4.79 Å². The van der Waals surface area contributed by atoms with Gasteiger partial charge in [-0.25, -0.2) is 0 Å². The Morgan fingerprint density at radius 3 is 2.65 bits per heavy atom. The lowest BCUT2D eigenvalue weighted by Crippen LogP contribution is -2.05. The molecular formula is C20H20N2O3S. The Bertz CT molecular complexity index is 875. The molecular weight excluding hydrogens is 348 g/mol. The van der Waals surface area contributed by atoms with Crippen LogP contribution in [0.25, 0.3) is 11.4 Å². The van der Waals surface area contributed by atoms with E-state index in [-0.39, 0.29) is 12.6 Å². The molecule has 0 radical (unpaired) electrons. The van der Waals surface area contributed by atoms with Crippen LogP contribution >= 0.6 is 11.8 Å². The van der Waals surface area contributed by atoms with Gasteiger partial charge < -0.3 is 9.26 Å². The molecule has 0 N–H and O–H groups in total. The highest BCUT2D eigenvalue weighted by molar-refractivity contribution is 7.99. The highest BCUT2D eigenvalue weighted by Gasteiger charge is 2.12. The van der Waals surface area contributed by atoms with E-state index in [0.29, 0.717) is 23.9 Å². The predicted octanol–water partition coefficient (Wildman–Crippen LogP) is 4.58. The van der Waals surface area contributed by atoms with Crippen LogP contribution in [0, 0.1) is 13.8 Å². The van der Waals surface area contributed by atoms with Crippen LogP contribution < -0.4 is 0 Å². The minimum atomic E-state index is -0.278. The molecule has 0 bridgehead atoms. The van der Waals surface area contributed by atoms with Crippen molar-refractivity contribution < 1.29 is 14.1 Å². The second-order valence-corrected chi connectivity index (χ2v) is 7.07. The number of hydrogen-bond acceptors (Lipinski definition) is 6. The van der Waals surface area contributed by atoms with Crippen LogP contribution in [0.15, 0.2) is 57.9 Å². The van der Waals surface area contributed by atoms with Crippen molar-refractivity contribution in [1.82, 2.24) is 10.1 Å². The van der Waals surface area contributed by atoms with Gasteiger partial charge in [-0.05, 0) is 31.5 Å². The second kappa shape index (κ2) is 8.67. The van der Waals surface area contributed by atoms with Crippen molar-refractivity contribution >= 4 is 17.7 Å². The Labute approximate surface area is 156 Å². The van der Waals surface area contributed by atoms with Crippen LogP contribution in [0.2, 0.25) is 0 Å². The van der Waals surface area contributed by atoms with Gasteiger partial charge in [-0.2, -0.15) is 4.98 Å². The lowest BCUT2D eigenvalue weighted by molar-refractivity contribution is -0.145. The third kappa shape index (κ3) is 4.95. The van der Waals surface area contributed by atoms with Gasteiger partial charge in [-0.15, -0.1) is 11.8 Å². The number of carbonyl (C=O) groups excluding carboxylic acids is 1. The average Bonchev–Trinajstić information content (AvgIpc) is 3.11. The highest BCUT2D eigenvalue weighted by Crippen LogP contribution is 2.21. The zero-order chi connectivity index (χ0) is 18.4. The number of hydrogen-bond donors (Lipinski definition) is 0. The molecule has 3 rings (SSSR count). The number of ether oxygens (including phenoxy) is 1. The number of rotatable bonds is 7. The summed E-state index contributed by atoms with van der Waals surface area (Å²) in [5, 5.41) is 3.95. The van der Waals surface area contributed by atoms with E-state index in [4.69, 9.17) is 9.26 Å². The topological polar surface area (TPSA) is 65.2 Å². The molecule has 2 aromatic carbocycles. The summed E-state index contributed by atoms with van der Waals surface area (Å²) in [4.78, 5) is 17.3. The van der Waals surface area contributed by atoms with Crippen LogP contribution in [0.3, 0.4) is 0 Å². The summed E-state index contributed by atoms with van der Waals surface area (Å²) in [5.41, 5.74) is 3.19. The maximum absolute atomic E-state index is 11.9. The van der Waals surface area contributed by atoms with Crippen LogP contribution in [-0.4, -0.2) is 21.9 Å². The van der Waals surface area contributed by atoms with E-state index in [1.165, 1.54) is 5.56 Å². The molecule has 1 heterocycles. The van der Waals surface area contributed by atoms with Crippen LogP contribution in [0.5, 0.6) is 0 Å². The molecule has 0 saturated carbocycles. The molecule has 0 spiro atoms. The second-order valence-electron chi connectivity index (χ2n) is 5.90. The molecule has 3 aromatic rings. The van der Waals surface area contributed by atoms with Crippen LogP contribution in [0.4, 0.5) is 0 Å². The summed E-state index contributed by atoms with van der Waals surface area (Å²) in [7, 11) is 0. The molecule has 5 nitrogen and oxygen atoms in total. The minimum absolute atomic E-state index is 0.00703. The first-order chi connectivity index (χ1) is 12.6. The molecule has 1 aromatic heterocycles. The van der Waals surface area contributed by atoms with Crippen LogP contribution in [0.1, 0.15) is 23.4 Å². The van der Waals surface area contributed by atoms with E-state index < -0.39 is 0 Å². The first-order valence-electron chi connectivity index (χ1n) is 8.35. The van der Waals surface area contributed by atoms with Gasteiger partial charge in [0.2, 0.25) is 5.82 Å². The molecule has 0 atom stereocenters. The summed E-state index contributed by atoms with van der Waals surface area (Å²) in [6.07, 6.45) is 0.331. The lowest BCUT2D eigenvalue weighted by atomic mass is 10.1. The Morgan fingerprint density at radius 1 is 1.12 bits per heavy atom. The summed E-state index contributed by atoms with van der Waals surface area (Å²) < 4.78 is 10.4. The van der Waals surface area contributed by atoms with Crippen molar-refractivity contribution in [3.8, 4) is 11.4 Å². The number of thioether (sulfide) groups is 1. The molecule has 6 heteroatoms. The van der Waals surface area contributed by atoms with Gasteiger partial charge in [0.15, 0.2) is 6.61 Å². The van der Waals surface area contributed by atoms with Gasteiger partial charge in [0.25, 0.3) is 5.89 Å². The molecule has 0 amide bonds. The molecule has 0 aliphatic rings. The maximum Gasteiger partial charge on any atom is 0.307 e. The minimum Gasteiger partial charge on any atom is -0.456 e. The quantitative estimate of drug-likeness (QED) is 0.449. The fourth-order valence-electron chi connectivity index (χ4n) is 2.35. The normalized spacial score (nSPS) is 10.7. The van der Waals surface area contributed by atoms with Gasteiger partial charge >= 0.3 is 5.97 Å². The van der Waals surface area contributed by atoms with Crippen molar-refractivity contribution in [3.63, 3.8) is 0 Å². The Kier molecular flexibility index (Phi) is 6.07. The average molecular weight is 368 g/mol. The summed E-state index contributed by atoms with van der Waals surface area (Å²) in [6, 6.07) is 16.0. The molecule has 0 fully saturated rings. The number of nitrogens with zero attached hydrogens (tertiary/aromatic N) is 2. The largest absolute Gasteiger partial charge is 0.456 e. The summed E-state index contributed by atoms with van der Waals surface area (Å²) in [6.45, 7) is 4.03. The molecule has 0 aliphatic carbocycles. The first kappa shape index (κ1) is 18.2. The summed E-state index contributed by atoms with van der Waals surface area (Å²) in [5.74, 6) is 1.19. The predicted molar refractivity (Wildman–Crippen MR) is 101 cm³/mol. The fourth-order valence-corrected chi connectivity index (χ4v) is 3.18. The van der Waals surface area contributed by atoms with Crippen molar-refractivity contribution in [3.05, 3.63) is 65.5 Å². The number of aryl methyl sites for hydroxylation is 2. The Balaban J connectivity index is 1.45. The number of benzene rings is 2. The maximum atomic E-state index is 11.9. The first-order valence-corrected chi connectivity index (χ1v) is 9.34. The van der Waals surface area contributed by atoms with Gasteiger partial charge in [-0.1, -0.05) is 47.1 Å². The van der Waals surface area contributed by atoms with E-state index in [0.717, 1.165) is 16.0 Å². The Hall–Kier alpha value is -2.60. The van der Waals surface area contributed by atoms with Crippen molar-refractivity contribution in [2.24, 2.45) is 0 Å². The Morgan fingerprint density at radius 2 is 1.88 bits per heavy atom. The third-order valence-corrected chi connectivity index (χ3v) is 4.82. The number of carbonyl (C=O) groups is 1. The van der Waals surface area contributed by atoms with Crippen molar-refractivity contribution in [2.75, 3.05) is 5.75 Å². The van der Waals surface area contributed by atoms with Gasteiger partial charge in [0.05, 0.1) is 6.42 Å². The van der Waals surface area contributed by atoms with Gasteiger partial charge in [0, 0.05) is 16.2 Å². The molecule has 0 unspecified atom stereocenters. The molecule has 0 saturated heterocycles. The number of aromatic nitrogens is 2. The monoisotopic (exact) mass is 368 g/mol. The highest BCUT2D eigenvalue weighted by atomic mass is 32.2. The van der Waals surface area contributed by atoms with Crippen LogP contribution in [-0.2, 0) is 16.1 Å². The summed E-state index contributed by atoms with van der Waals surface area (Å²) >= 11 is 1.63. The zero-order valence-electron chi connectivity index (χ0n) is 14.8. The molecule has 134 valence electrons. The van der Waals surface area contributed by atoms with E-state index in [2.05, 4.69) is 34.4 Å². The van der Waals surface area contributed by atoms with E-state index in [1.54, 1.807) is 11.8 Å². The van der Waals surface area contributed by atoms with Gasteiger partial charge in [0.1, 0.15) is 0 Å². The van der Waals surface area contributed by atoms with Crippen molar-refractivity contribution in [2.45, 2.75) is 31.8 Å². The van der Waals surface area contributed by atoms with E-state index in [1.807, 2.05) is 38.1 Å². The third-order valence-electron chi connectivity index (χ3n) is 3.81. The SMILES string of the molecule is Cc1ccc(SCCC(=O)OCc2nc(-c3ccccc3C)no2)cc1. The van der Waals surface area contributed by atoms with E-state index in [9.17, 15) is 4.79 Å². The van der Waals surface area contributed by atoms with Crippen molar-refractivity contribution in [1.29, 1.82) is 0 Å². The zero-order valence-corrected chi connectivity index (χ0v) is 15.6. The lowest BCUT2D eigenvalue weighted by Gasteiger charge is -2.03. The van der Waals surface area contributed by atoms with E-state index >= 15 is 0 Å². The standard InChI is InChI=1S/C20H20N2O3S/c1-14-7-9-16(10-8-14)26-12-11-19(23)24-13-18-21-20(22-25-18)17-6-4-3-5-15(17)2/h3-10H,11-13H2,1-2H3. The smallest absolute Gasteiger partial charge is 0.307 e. The number of esters is 1. The molecule has 26 heavy (non-hydrogen) atoms. The fraction of sp³-hybridized carbons (Fsp3) is 0.250.